The van der Waals surface area contributed by atoms with E-state index in [2.05, 4.69) is 5.32 Å². The maximum absolute atomic E-state index is 11.0. The number of amides is 1. The first-order valence-corrected chi connectivity index (χ1v) is 7.43. The van der Waals surface area contributed by atoms with E-state index in [1.165, 1.54) is 12.1 Å². The first-order chi connectivity index (χ1) is 11.5. The number of hydrogen-bond donors (Lipinski definition) is 2. The van der Waals surface area contributed by atoms with Gasteiger partial charge in [-0.05, 0) is 42.3 Å². The molecular formula is C17H19N3O4. The second kappa shape index (κ2) is 8.07. The average molecular weight is 329 g/mol. The molecule has 2 aromatic rings. The molecule has 0 aliphatic heterocycles. The first kappa shape index (κ1) is 17.4. The predicted octanol–water partition coefficient (Wildman–Crippen LogP) is 2.14. The largest absolute Gasteiger partial charge is 0.489 e. The fourth-order valence-corrected chi connectivity index (χ4v) is 1.96. The highest BCUT2D eigenvalue weighted by atomic mass is 16.6. The Labute approximate surface area is 139 Å². The summed E-state index contributed by atoms with van der Waals surface area (Å²) < 4.78 is 5.65. The molecule has 0 aromatic heterocycles. The second-order valence-electron chi connectivity index (χ2n) is 5.36. The number of ether oxygens (including phenoxy) is 1. The van der Waals surface area contributed by atoms with Gasteiger partial charge in [0.1, 0.15) is 12.4 Å². The summed E-state index contributed by atoms with van der Waals surface area (Å²) in [5, 5.41) is 13.6. The van der Waals surface area contributed by atoms with Crippen LogP contribution in [0.25, 0.3) is 0 Å². The third kappa shape index (κ3) is 5.06. The minimum Gasteiger partial charge on any atom is -0.489 e. The van der Waals surface area contributed by atoms with E-state index in [9.17, 15) is 14.9 Å². The number of carbonyl (C=O) groups excluding carboxylic acids is 1. The molecule has 0 aliphatic carbocycles. The maximum Gasteiger partial charge on any atom is 0.269 e. The van der Waals surface area contributed by atoms with Gasteiger partial charge in [-0.15, -0.1) is 0 Å². The van der Waals surface area contributed by atoms with E-state index in [0.29, 0.717) is 18.9 Å². The van der Waals surface area contributed by atoms with Crippen LogP contribution in [-0.4, -0.2) is 16.9 Å². The van der Waals surface area contributed by atoms with Crippen LogP contribution in [0.5, 0.6) is 5.75 Å². The topological polar surface area (TPSA) is 107 Å². The molecule has 2 rings (SSSR count). The van der Waals surface area contributed by atoms with Crippen molar-refractivity contribution in [2.45, 2.75) is 26.1 Å². The highest BCUT2D eigenvalue weighted by molar-refractivity contribution is 5.79. The molecule has 0 fully saturated rings. The number of non-ortho nitro benzene ring substituents is 1. The molecule has 3 N–H and O–H groups in total. The lowest BCUT2D eigenvalue weighted by Crippen LogP contribution is -2.38. The fourth-order valence-electron chi connectivity index (χ4n) is 1.96. The molecular weight excluding hydrogens is 310 g/mol. The van der Waals surface area contributed by atoms with E-state index in [-0.39, 0.29) is 11.7 Å². The standard InChI is InChI=1S/C17H19N3O4/c1-12(17(18)21)19-10-13-4-8-16(9-5-13)24-11-14-2-6-15(7-3-14)20(22)23/h2-9,12,19H,10-11H2,1H3,(H2,18,21)/t12-/m0/s1. The second-order valence-corrected chi connectivity index (χ2v) is 5.36. The summed E-state index contributed by atoms with van der Waals surface area (Å²) in [6.45, 7) is 2.57. The molecule has 7 heteroatoms. The summed E-state index contributed by atoms with van der Waals surface area (Å²) in [7, 11) is 0. The van der Waals surface area contributed by atoms with Gasteiger partial charge in [-0.2, -0.15) is 0 Å². The van der Waals surface area contributed by atoms with Crippen molar-refractivity contribution in [2.75, 3.05) is 0 Å². The summed E-state index contributed by atoms with van der Waals surface area (Å²) >= 11 is 0. The van der Waals surface area contributed by atoms with Crippen LogP contribution in [0.15, 0.2) is 48.5 Å². The SMILES string of the molecule is C[C@H](NCc1ccc(OCc2ccc([N+](=O)[O-])cc2)cc1)C(N)=O. The number of nitrogens with zero attached hydrogens (tertiary/aromatic N) is 1. The Balaban J connectivity index is 1.85. The third-order valence-electron chi connectivity index (χ3n) is 3.52. The van der Waals surface area contributed by atoms with Gasteiger partial charge < -0.3 is 15.8 Å². The van der Waals surface area contributed by atoms with Crippen molar-refractivity contribution in [3.63, 3.8) is 0 Å². The lowest BCUT2D eigenvalue weighted by atomic mass is 10.2. The first-order valence-electron chi connectivity index (χ1n) is 7.43. The summed E-state index contributed by atoms with van der Waals surface area (Å²) in [4.78, 5) is 21.1. The van der Waals surface area contributed by atoms with Gasteiger partial charge in [0.2, 0.25) is 5.91 Å². The minimum absolute atomic E-state index is 0.0563. The number of rotatable bonds is 8. The Morgan fingerprint density at radius 1 is 1.17 bits per heavy atom. The molecule has 24 heavy (non-hydrogen) atoms. The molecule has 0 unspecified atom stereocenters. The Morgan fingerprint density at radius 2 is 1.75 bits per heavy atom. The van der Waals surface area contributed by atoms with Gasteiger partial charge in [0, 0.05) is 18.7 Å². The van der Waals surface area contributed by atoms with Crippen LogP contribution < -0.4 is 15.8 Å². The number of nitrogens with one attached hydrogen (secondary N) is 1. The Hall–Kier alpha value is -2.93. The number of hydrogen-bond acceptors (Lipinski definition) is 5. The van der Waals surface area contributed by atoms with Crippen molar-refractivity contribution in [3.05, 3.63) is 69.8 Å². The lowest BCUT2D eigenvalue weighted by Gasteiger charge is -2.11. The summed E-state index contributed by atoms with van der Waals surface area (Å²) in [6.07, 6.45) is 0. The zero-order valence-corrected chi connectivity index (χ0v) is 13.3. The van der Waals surface area contributed by atoms with Crippen molar-refractivity contribution in [1.29, 1.82) is 0 Å². The van der Waals surface area contributed by atoms with Gasteiger partial charge in [-0.1, -0.05) is 12.1 Å². The molecule has 2 aromatic carbocycles. The van der Waals surface area contributed by atoms with Crippen molar-refractivity contribution in [2.24, 2.45) is 5.73 Å². The molecule has 0 heterocycles. The molecule has 0 saturated carbocycles. The Bertz CT molecular complexity index is 699. The number of primary amides is 1. The number of nitro groups is 1. The maximum atomic E-state index is 11.0. The molecule has 1 amide bonds. The van der Waals surface area contributed by atoms with E-state index >= 15 is 0 Å². The van der Waals surface area contributed by atoms with Gasteiger partial charge in [-0.3, -0.25) is 14.9 Å². The zero-order chi connectivity index (χ0) is 17.5. The van der Waals surface area contributed by atoms with Crippen molar-refractivity contribution < 1.29 is 14.5 Å². The summed E-state index contributed by atoms with van der Waals surface area (Å²) in [5.41, 5.74) is 7.10. The monoisotopic (exact) mass is 329 g/mol. The minimum atomic E-state index is -0.434. The molecule has 0 radical (unpaired) electrons. The number of carbonyl (C=O) groups is 1. The smallest absolute Gasteiger partial charge is 0.269 e. The highest BCUT2D eigenvalue weighted by Gasteiger charge is 2.07. The van der Waals surface area contributed by atoms with Crippen LogP contribution in [0.2, 0.25) is 0 Å². The molecule has 0 aliphatic rings. The van der Waals surface area contributed by atoms with Crippen molar-refractivity contribution in [3.8, 4) is 5.75 Å². The van der Waals surface area contributed by atoms with E-state index < -0.39 is 10.8 Å². The molecule has 0 spiro atoms. The van der Waals surface area contributed by atoms with Gasteiger partial charge in [0.25, 0.3) is 5.69 Å². The van der Waals surface area contributed by atoms with E-state index in [1.54, 1.807) is 19.1 Å². The van der Waals surface area contributed by atoms with Crippen LogP contribution in [0.3, 0.4) is 0 Å². The van der Waals surface area contributed by atoms with Crippen LogP contribution in [-0.2, 0) is 17.9 Å². The number of benzene rings is 2. The highest BCUT2D eigenvalue weighted by Crippen LogP contribution is 2.16. The zero-order valence-electron chi connectivity index (χ0n) is 13.3. The van der Waals surface area contributed by atoms with Gasteiger partial charge in [0.15, 0.2) is 0 Å². The quantitative estimate of drug-likeness (QED) is 0.570. The van der Waals surface area contributed by atoms with E-state index in [1.807, 2.05) is 24.3 Å². The average Bonchev–Trinajstić information content (AvgIpc) is 2.59. The molecule has 0 bridgehead atoms. The van der Waals surface area contributed by atoms with Crippen molar-refractivity contribution in [1.82, 2.24) is 5.32 Å². The van der Waals surface area contributed by atoms with Crippen LogP contribution in [0, 0.1) is 10.1 Å². The summed E-state index contributed by atoms with van der Waals surface area (Å²) in [5.74, 6) is 0.304. The number of nitrogens with two attached hydrogens (primary N) is 1. The van der Waals surface area contributed by atoms with Crippen molar-refractivity contribution >= 4 is 11.6 Å². The van der Waals surface area contributed by atoms with Crippen LogP contribution in [0.1, 0.15) is 18.1 Å². The molecule has 126 valence electrons. The molecule has 1 atom stereocenters. The van der Waals surface area contributed by atoms with Gasteiger partial charge >= 0.3 is 0 Å². The predicted molar refractivity (Wildman–Crippen MR) is 89.4 cm³/mol. The van der Waals surface area contributed by atoms with Crippen LogP contribution in [0.4, 0.5) is 5.69 Å². The molecule has 0 saturated heterocycles. The summed E-state index contributed by atoms with van der Waals surface area (Å²) in [6, 6.07) is 13.3. The Morgan fingerprint density at radius 3 is 2.29 bits per heavy atom. The van der Waals surface area contributed by atoms with Gasteiger partial charge in [-0.25, -0.2) is 0 Å². The normalized spacial score (nSPS) is 11.7. The lowest BCUT2D eigenvalue weighted by molar-refractivity contribution is -0.384. The third-order valence-corrected chi connectivity index (χ3v) is 3.52. The molecule has 7 nitrogen and oxygen atoms in total. The fraction of sp³-hybridized carbons (Fsp3) is 0.235. The number of nitro benzene ring substituents is 1. The van der Waals surface area contributed by atoms with Gasteiger partial charge in [0.05, 0.1) is 11.0 Å². The van der Waals surface area contributed by atoms with E-state index in [4.69, 9.17) is 10.5 Å². The Kier molecular flexibility index (Phi) is 5.86. The van der Waals surface area contributed by atoms with Crippen LogP contribution >= 0.6 is 0 Å². The van der Waals surface area contributed by atoms with E-state index in [0.717, 1.165) is 11.1 Å².